The second-order valence-corrected chi connectivity index (χ2v) is 6.63. The predicted molar refractivity (Wildman–Crippen MR) is 101 cm³/mol. The molecule has 1 atom stereocenters. The lowest BCUT2D eigenvalue weighted by atomic mass is 10.0. The minimum Gasteiger partial charge on any atom is -0.409 e. The topological polar surface area (TPSA) is 73.9 Å². The van der Waals surface area contributed by atoms with Crippen molar-refractivity contribution in [3.63, 3.8) is 0 Å². The quantitative estimate of drug-likeness (QED) is 0.327. The van der Waals surface area contributed by atoms with Crippen LogP contribution in [0, 0.1) is 0 Å². The standard InChI is InChI=1S/C20H26N4O/c21-20(23-25)18-9-4-8-17(12-18)13-22-19-10-5-11-24(15-19)14-16-6-2-1-3-7-16/h1-4,6-9,12,19,22,25H,5,10-11,13-15H2,(H2,21,23). The summed E-state index contributed by atoms with van der Waals surface area (Å²) in [5.74, 6) is 0.147. The van der Waals surface area contributed by atoms with Crippen molar-refractivity contribution in [1.29, 1.82) is 0 Å². The number of nitrogens with one attached hydrogen (secondary N) is 1. The van der Waals surface area contributed by atoms with Gasteiger partial charge in [-0.25, -0.2) is 0 Å². The summed E-state index contributed by atoms with van der Waals surface area (Å²) in [7, 11) is 0. The zero-order valence-corrected chi connectivity index (χ0v) is 14.4. The van der Waals surface area contributed by atoms with Gasteiger partial charge in [0.25, 0.3) is 0 Å². The van der Waals surface area contributed by atoms with Gasteiger partial charge in [0.2, 0.25) is 0 Å². The van der Waals surface area contributed by atoms with Crippen LogP contribution in [0.4, 0.5) is 0 Å². The first-order chi connectivity index (χ1) is 12.2. The molecule has 0 aromatic heterocycles. The van der Waals surface area contributed by atoms with E-state index in [0.29, 0.717) is 6.04 Å². The molecule has 1 aliphatic heterocycles. The van der Waals surface area contributed by atoms with Crippen molar-refractivity contribution in [2.24, 2.45) is 10.9 Å². The molecule has 1 saturated heterocycles. The van der Waals surface area contributed by atoms with Crippen LogP contribution in [0.1, 0.15) is 29.5 Å². The van der Waals surface area contributed by atoms with E-state index in [0.717, 1.165) is 37.3 Å². The maximum Gasteiger partial charge on any atom is 0.170 e. The van der Waals surface area contributed by atoms with Crippen LogP contribution >= 0.6 is 0 Å². The van der Waals surface area contributed by atoms with Crippen molar-refractivity contribution in [3.8, 4) is 0 Å². The molecule has 0 radical (unpaired) electrons. The van der Waals surface area contributed by atoms with Crippen LogP contribution in [0.5, 0.6) is 0 Å². The molecule has 0 saturated carbocycles. The highest BCUT2D eigenvalue weighted by molar-refractivity contribution is 5.97. The SMILES string of the molecule is N/C(=N/O)c1cccc(CNC2CCCN(Cc3ccccc3)C2)c1. The first-order valence-electron chi connectivity index (χ1n) is 8.81. The van der Waals surface area contributed by atoms with Gasteiger partial charge in [-0.2, -0.15) is 0 Å². The smallest absolute Gasteiger partial charge is 0.170 e. The van der Waals surface area contributed by atoms with Crippen molar-refractivity contribution < 1.29 is 5.21 Å². The minimum atomic E-state index is 0.147. The number of benzene rings is 2. The van der Waals surface area contributed by atoms with Gasteiger partial charge in [-0.1, -0.05) is 53.7 Å². The van der Waals surface area contributed by atoms with Gasteiger partial charge in [-0.05, 0) is 36.6 Å². The lowest BCUT2D eigenvalue weighted by Crippen LogP contribution is -2.45. The molecule has 1 heterocycles. The molecule has 0 bridgehead atoms. The third kappa shape index (κ3) is 5.05. The van der Waals surface area contributed by atoms with E-state index in [-0.39, 0.29) is 5.84 Å². The summed E-state index contributed by atoms with van der Waals surface area (Å²) >= 11 is 0. The van der Waals surface area contributed by atoms with Gasteiger partial charge in [0.05, 0.1) is 0 Å². The second kappa shape index (κ2) is 8.65. The molecule has 5 heteroatoms. The molecule has 1 unspecified atom stereocenters. The summed E-state index contributed by atoms with van der Waals surface area (Å²) in [6, 6.07) is 18.9. The maximum atomic E-state index is 8.80. The van der Waals surface area contributed by atoms with Gasteiger partial charge in [0.15, 0.2) is 5.84 Å². The number of hydrogen-bond donors (Lipinski definition) is 3. The van der Waals surface area contributed by atoms with Crippen LogP contribution in [-0.2, 0) is 13.1 Å². The minimum absolute atomic E-state index is 0.147. The molecule has 5 nitrogen and oxygen atoms in total. The molecule has 3 rings (SSSR count). The molecule has 25 heavy (non-hydrogen) atoms. The average Bonchev–Trinajstić information content (AvgIpc) is 2.67. The molecule has 0 spiro atoms. The average molecular weight is 338 g/mol. The zero-order valence-electron chi connectivity index (χ0n) is 14.4. The molecular weight excluding hydrogens is 312 g/mol. The van der Waals surface area contributed by atoms with E-state index < -0.39 is 0 Å². The van der Waals surface area contributed by atoms with Gasteiger partial charge >= 0.3 is 0 Å². The number of hydrogen-bond acceptors (Lipinski definition) is 4. The molecule has 1 aliphatic rings. The summed E-state index contributed by atoms with van der Waals surface area (Å²) in [4.78, 5) is 2.52. The van der Waals surface area contributed by atoms with Crippen molar-refractivity contribution >= 4 is 5.84 Å². The molecule has 0 amide bonds. The van der Waals surface area contributed by atoms with Crippen LogP contribution < -0.4 is 11.1 Å². The Morgan fingerprint density at radius 2 is 1.96 bits per heavy atom. The number of amidine groups is 1. The molecule has 0 aliphatic carbocycles. The highest BCUT2D eigenvalue weighted by Gasteiger charge is 2.19. The van der Waals surface area contributed by atoms with Crippen LogP contribution in [0.3, 0.4) is 0 Å². The lowest BCUT2D eigenvalue weighted by Gasteiger charge is -2.33. The Labute approximate surface area is 149 Å². The van der Waals surface area contributed by atoms with E-state index in [1.807, 2.05) is 18.2 Å². The first kappa shape index (κ1) is 17.5. The Bertz CT molecular complexity index is 702. The van der Waals surface area contributed by atoms with Gasteiger partial charge in [0.1, 0.15) is 0 Å². The Hall–Kier alpha value is -2.37. The first-order valence-corrected chi connectivity index (χ1v) is 8.81. The third-order valence-electron chi connectivity index (χ3n) is 4.68. The third-order valence-corrected chi connectivity index (χ3v) is 4.68. The van der Waals surface area contributed by atoms with E-state index in [4.69, 9.17) is 10.9 Å². The fraction of sp³-hybridized carbons (Fsp3) is 0.350. The highest BCUT2D eigenvalue weighted by atomic mass is 16.4. The molecule has 132 valence electrons. The van der Waals surface area contributed by atoms with Crippen LogP contribution in [0.25, 0.3) is 0 Å². The summed E-state index contributed by atoms with van der Waals surface area (Å²) in [5.41, 5.74) is 8.93. The molecule has 2 aromatic carbocycles. The number of oxime groups is 1. The Kier molecular flexibility index (Phi) is 6.04. The van der Waals surface area contributed by atoms with E-state index in [9.17, 15) is 0 Å². The van der Waals surface area contributed by atoms with Crippen LogP contribution in [-0.4, -0.2) is 35.1 Å². The normalized spacial score (nSPS) is 19.0. The van der Waals surface area contributed by atoms with Gasteiger partial charge in [0, 0.05) is 31.2 Å². The Balaban J connectivity index is 1.53. The number of likely N-dealkylation sites (tertiary alicyclic amines) is 1. The number of rotatable bonds is 6. The number of piperidine rings is 1. The summed E-state index contributed by atoms with van der Waals surface area (Å²) < 4.78 is 0. The maximum absolute atomic E-state index is 8.80. The van der Waals surface area contributed by atoms with Gasteiger partial charge in [-0.3, -0.25) is 4.90 Å². The van der Waals surface area contributed by atoms with Crippen molar-refractivity contribution in [2.45, 2.75) is 32.0 Å². The number of nitrogens with zero attached hydrogens (tertiary/aromatic N) is 2. The monoisotopic (exact) mass is 338 g/mol. The Morgan fingerprint density at radius 3 is 2.76 bits per heavy atom. The van der Waals surface area contributed by atoms with Crippen LogP contribution in [0.15, 0.2) is 59.8 Å². The molecular formula is C20H26N4O. The zero-order chi connectivity index (χ0) is 17.5. The van der Waals surface area contributed by atoms with Crippen molar-refractivity contribution in [1.82, 2.24) is 10.2 Å². The fourth-order valence-electron chi connectivity index (χ4n) is 3.37. The van der Waals surface area contributed by atoms with E-state index in [2.05, 4.69) is 51.8 Å². The fourth-order valence-corrected chi connectivity index (χ4v) is 3.37. The van der Waals surface area contributed by atoms with Gasteiger partial charge in [-0.15, -0.1) is 0 Å². The predicted octanol–water partition coefficient (Wildman–Crippen LogP) is 2.54. The molecule has 4 N–H and O–H groups in total. The van der Waals surface area contributed by atoms with Crippen LogP contribution in [0.2, 0.25) is 0 Å². The largest absolute Gasteiger partial charge is 0.409 e. The lowest BCUT2D eigenvalue weighted by molar-refractivity contribution is 0.182. The molecule has 1 fully saturated rings. The summed E-state index contributed by atoms with van der Waals surface area (Å²) in [5, 5.41) is 15.5. The summed E-state index contributed by atoms with van der Waals surface area (Å²) in [6.07, 6.45) is 2.42. The van der Waals surface area contributed by atoms with E-state index in [1.54, 1.807) is 0 Å². The van der Waals surface area contributed by atoms with Crippen molar-refractivity contribution in [2.75, 3.05) is 13.1 Å². The van der Waals surface area contributed by atoms with Gasteiger partial charge < -0.3 is 16.3 Å². The number of nitrogens with two attached hydrogens (primary N) is 1. The summed E-state index contributed by atoms with van der Waals surface area (Å²) in [6.45, 7) is 4.02. The molecule has 2 aromatic rings. The van der Waals surface area contributed by atoms with E-state index in [1.165, 1.54) is 18.4 Å². The second-order valence-electron chi connectivity index (χ2n) is 6.63. The van der Waals surface area contributed by atoms with Crippen molar-refractivity contribution in [3.05, 3.63) is 71.3 Å². The highest BCUT2D eigenvalue weighted by Crippen LogP contribution is 2.14. The Morgan fingerprint density at radius 1 is 1.16 bits per heavy atom. The van der Waals surface area contributed by atoms with E-state index >= 15 is 0 Å².